The highest BCUT2D eigenvalue weighted by molar-refractivity contribution is 2.56. The van der Waals surface area contributed by atoms with E-state index < -0.39 is 0 Å². The summed E-state index contributed by atoms with van der Waals surface area (Å²) in [5.74, 6) is 0. The summed E-state index contributed by atoms with van der Waals surface area (Å²) in [5, 5.41) is 0. The zero-order valence-electron chi connectivity index (χ0n) is 0. The smallest absolute Gasteiger partial charge is 0.0776 e. The van der Waals surface area contributed by atoms with Gasteiger partial charge >= 0.3 is 0 Å². The molecule has 0 radical (unpaired) electrons. The van der Waals surface area contributed by atoms with E-state index in [0.717, 1.165) is 0 Å². The van der Waals surface area contributed by atoms with Crippen molar-refractivity contribution in [3.05, 3.63) is 0 Å². The molecule has 0 atom stereocenters. The molecule has 0 saturated heterocycles. The molecule has 0 heterocycles. The second-order valence-electron chi connectivity index (χ2n) is 0. The minimum absolute atomic E-state index is 0. The molecule has 0 nitrogen and oxygen atoms in total. The summed E-state index contributed by atoms with van der Waals surface area (Å²) in [6.45, 7) is 0. The van der Waals surface area contributed by atoms with E-state index >= 15 is 0 Å². The molecule has 0 aromatic rings. The fraction of sp³-hybridized carbons (Fsp3) is 1.00. The van der Waals surface area contributed by atoms with Gasteiger partial charge in [0.15, 0.2) is 0 Å². The van der Waals surface area contributed by atoms with E-state index in [-0.39, 0.29) is 446 Å². The monoisotopic (exact) mass is 962 g/mol. The van der Waals surface area contributed by atoms with Gasteiger partial charge in [-0.15, -0.1) is 0 Å². The van der Waals surface area contributed by atoms with E-state index in [1.54, 1.807) is 0 Å². The van der Waals surface area contributed by atoms with Crippen LogP contribution in [-0.4, -0.2) is 0 Å². The van der Waals surface area contributed by atoms with Crippen molar-refractivity contribution in [1.82, 2.24) is 0 Å². The zero-order chi connectivity index (χ0) is 0. The van der Waals surface area contributed by atoms with Crippen LogP contribution in [0, 0.1) is 0 Å². The Hall–Kier alpha value is 0. The van der Waals surface area contributed by atoms with Crippen LogP contribution in [0.2, 0.25) is 0 Å². The van der Waals surface area contributed by atoms with Crippen LogP contribution in [0.1, 0.15) is 446 Å². The normalized spacial score (nSPS) is 0. The van der Waals surface area contributed by atoms with Crippen molar-refractivity contribution < 1.29 is 0 Å². The average molecular weight is 963 g/mol. The molecule has 0 heteroatoms. The molecule has 480 valence electrons. The van der Waals surface area contributed by atoms with Crippen LogP contribution in [0.3, 0.4) is 0 Å². The Morgan fingerprint density at radius 2 is 0.0167 bits per heavy atom. The van der Waals surface area contributed by atoms with Crippen molar-refractivity contribution in [2.75, 3.05) is 0 Å². The van der Waals surface area contributed by atoms with Crippen LogP contribution in [0.15, 0.2) is 0 Å². The third kappa shape index (κ3) is 0. The summed E-state index contributed by atoms with van der Waals surface area (Å²) in [6.07, 6.45) is 0. The first-order valence-electron chi connectivity index (χ1n) is 0. The molecule has 0 fully saturated rings. The maximum absolute atomic E-state index is 0. The van der Waals surface area contributed by atoms with E-state index in [1.807, 2.05) is 0 Å². The summed E-state index contributed by atoms with van der Waals surface area (Å²) < 4.78 is 0. The van der Waals surface area contributed by atoms with Crippen LogP contribution in [0.5, 0.6) is 0 Å². The lowest BCUT2D eigenvalue weighted by Gasteiger charge is -0.0786. The predicted octanol–water partition coefficient (Wildman–Crippen LogP) is 38.2. The third-order valence-electron chi connectivity index (χ3n) is 0. The molecule has 0 aliphatic heterocycles. The molecule has 0 spiro atoms. The van der Waals surface area contributed by atoms with Gasteiger partial charge in [0.1, 0.15) is 0 Å². The standard InChI is InChI=1S/60CH4/h60*1H4. The summed E-state index contributed by atoms with van der Waals surface area (Å²) in [5.41, 5.74) is 0. The van der Waals surface area contributed by atoms with Crippen molar-refractivity contribution in [2.45, 2.75) is 446 Å². The molecule has 0 amide bonds. The van der Waals surface area contributed by atoms with Crippen LogP contribution in [-0.2, 0) is 0 Å². The molecule has 0 aromatic carbocycles. The van der Waals surface area contributed by atoms with Gasteiger partial charge in [-0.25, -0.2) is 0 Å². The SMILES string of the molecule is C.C.C.C.C.C.C.C.C.C.C.C.C.C.C.C.C.C.C.C.C.C.C.C.C.C.C.C.C.C.C.C.C.C.C.C.C.C.C.C.C.C.C.C.C.C.C.C.C.C.C.C.C.C.C.C.C.C.C.C. The first kappa shape index (κ1) is 0. The molecule has 0 unspecified atom stereocenters. The zero-order valence-corrected chi connectivity index (χ0v) is 0. The Labute approximate surface area is 444 Å². The molecule has 0 saturated carbocycles. The maximum atomic E-state index is 0. The van der Waals surface area contributed by atoms with Gasteiger partial charge < -0.3 is 0 Å². The lowest BCUT2D eigenvalue weighted by Crippen LogP contribution is 0.143. The minimum atomic E-state index is 0. The quantitative estimate of drug-likeness (QED) is 0.227. The lowest BCUT2D eigenvalue weighted by atomic mass is 12.0. The molecular weight excluding hydrogens is 721 g/mol. The van der Waals surface area contributed by atoms with E-state index in [9.17, 15) is 0 Å². The van der Waals surface area contributed by atoms with Crippen LogP contribution < -0.4 is 0 Å². The topological polar surface area (TPSA) is 0 Å². The van der Waals surface area contributed by atoms with E-state index in [2.05, 4.69) is 0 Å². The Morgan fingerprint density at radius 1 is 0.0167 bits per heavy atom. The fourth-order valence-electron chi connectivity index (χ4n) is 0. The Bertz CT molecular complexity index is 0. The second-order valence-corrected chi connectivity index (χ2v) is 0. The Morgan fingerprint density at radius 3 is 0.0167 bits per heavy atom. The molecular formula is C60H240. The van der Waals surface area contributed by atoms with Crippen LogP contribution in [0.4, 0.5) is 0 Å². The van der Waals surface area contributed by atoms with E-state index in [4.69, 9.17) is 0 Å². The lowest BCUT2D eigenvalue weighted by molar-refractivity contribution is 2.50. The summed E-state index contributed by atoms with van der Waals surface area (Å²) in [6, 6.07) is 0. The molecule has 0 aliphatic carbocycles. The third-order valence-corrected chi connectivity index (χ3v) is 0. The largest absolute Gasteiger partial charge is 0.0776 e. The van der Waals surface area contributed by atoms with Gasteiger partial charge in [-0.3, -0.25) is 0 Å². The summed E-state index contributed by atoms with van der Waals surface area (Å²) in [7, 11) is 0. The van der Waals surface area contributed by atoms with Crippen molar-refractivity contribution >= 4 is 0 Å². The number of hydrogen-bond donors (Lipinski definition) is 0. The van der Waals surface area contributed by atoms with Gasteiger partial charge in [-0.2, -0.15) is 0 Å². The van der Waals surface area contributed by atoms with Crippen molar-refractivity contribution in [1.29, 1.82) is 0 Å². The Balaban J connectivity index is 0. The van der Waals surface area contributed by atoms with Gasteiger partial charge in [-0.05, 0) is 0 Å². The van der Waals surface area contributed by atoms with Gasteiger partial charge in [0.25, 0.3) is 0 Å². The fourth-order valence-corrected chi connectivity index (χ4v) is 0. The highest BCUT2D eigenvalue weighted by atomic mass is 12.1. The van der Waals surface area contributed by atoms with Crippen molar-refractivity contribution in [2.24, 2.45) is 0 Å². The maximum Gasteiger partial charge on any atom is -0.0776 e. The molecule has 0 aliphatic rings. The summed E-state index contributed by atoms with van der Waals surface area (Å²) in [4.78, 5) is 0. The summed E-state index contributed by atoms with van der Waals surface area (Å²) >= 11 is 0. The van der Waals surface area contributed by atoms with E-state index in [0.29, 0.717) is 0 Å². The highest BCUT2D eigenvalue weighted by Crippen LogP contribution is 0.203. The predicted molar refractivity (Wildman–Crippen MR) is 404 cm³/mol. The minimum Gasteiger partial charge on any atom is -0.0776 e. The van der Waals surface area contributed by atoms with Gasteiger partial charge in [-0.1, -0.05) is 446 Å². The number of rotatable bonds is 0. The van der Waals surface area contributed by atoms with Gasteiger partial charge in [0.05, 0.1) is 0 Å². The Kier molecular flexibility index (Phi) is 0. The molecule has 0 N–H and O–H groups in total. The van der Waals surface area contributed by atoms with Crippen LogP contribution in [0.25, 0.3) is 0 Å². The number of hydrogen-bond acceptors (Lipinski definition) is 0. The van der Waals surface area contributed by atoms with Gasteiger partial charge in [0.2, 0.25) is 0 Å². The molecule has 0 rings (SSSR count). The molecule has 0 aromatic heterocycles. The molecule has 60 heavy (non-hydrogen) atoms. The van der Waals surface area contributed by atoms with Gasteiger partial charge in [0, 0.05) is 0 Å². The average Bonchev–Trinajstić information content (AvgIpc) is 0. The second kappa shape index (κ2) is 0. The van der Waals surface area contributed by atoms with Crippen molar-refractivity contribution in [3.8, 4) is 0 Å². The first-order chi connectivity index (χ1) is 0. The first-order valence-corrected chi connectivity index (χ1v) is 0. The van der Waals surface area contributed by atoms with Crippen molar-refractivity contribution in [3.63, 3.8) is 0 Å². The highest BCUT2D eigenvalue weighted by Gasteiger charge is -0.0186. The molecule has 0 bridgehead atoms. The van der Waals surface area contributed by atoms with Crippen LogP contribution >= 0.6 is 0 Å². The van der Waals surface area contributed by atoms with E-state index in [1.165, 1.54) is 0 Å².